The summed E-state index contributed by atoms with van der Waals surface area (Å²) in [6.07, 6.45) is 0. The summed E-state index contributed by atoms with van der Waals surface area (Å²) in [6, 6.07) is 21.3. The van der Waals surface area contributed by atoms with Crippen LogP contribution in [0.15, 0.2) is 66.7 Å². The van der Waals surface area contributed by atoms with Crippen molar-refractivity contribution < 1.29 is 9.53 Å². The summed E-state index contributed by atoms with van der Waals surface area (Å²) in [5, 5.41) is 2.18. The van der Waals surface area contributed by atoms with Gasteiger partial charge in [-0.2, -0.15) is 0 Å². The number of hydrogen-bond donors (Lipinski definition) is 0. The third kappa shape index (κ3) is 2.90. The van der Waals surface area contributed by atoms with Crippen LogP contribution in [0, 0.1) is 0 Å². The van der Waals surface area contributed by atoms with Crippen LogP contribution in [0.2, 0.25) is 0 Å². The van der Waals surface area contributed by atoms with Gasteiger partial charge in [-0.25, -0.2) is 0 Å². The zero-order chi connectivity index (χ0) is 15.5. The Kier molecular flexibility index (Phi) is 4.25. The number of hydrogen-bond acceptors (Lipinski definition) is 2. The first-order valence-electron chi connectivity index (χ1n) is 7.00. The summed E-state index contributed by atoms with van der Waals surface area (Å²) in [5.74, 6) is 0.893. The Labute approximate surface area is 137 Å². The predicted octanol–water partition coefficient (Wildman–Crippen LogP) is 5.17. The van der Waals surface area contributed by atoms with Crippen molar-refractivity contribution >= 4 is 32.5 Å². The first-order chi connectivity index (χ1) is 10.7. The summed E-state index contributed by atoms with van der Waals surface area (Å²) >= 11 is 3.53. The first-order valence-corrected chi connectivity index (χ1v) is 7.91. The number of carbonyl (C=O) groups is 1. The maximum atomic E-state index is 12.5. The maximum Gasteiger partial charge on any atom is 0.180 e. The molecular formula is C19H15BrO2. The smallest absolute Gasteiger partial charge is 0.180 e. The van der Waals surface area contributed by atoms with Crippen molar-refractivity contribution in [3.05, 3.63) is 77.9 Å². The van der Waals surface area contributed by atoms with Gasteiger partial charge in [-0.15, -0.1) is 0 Å². The lowest BCUT2D eigenvalue weighted by molar-refractivity contribution is 0.0991. The molecule has 3 rings (SSSR count). The van der Waals surface area contributed by atoms with Crippen LogP contribution in [0.1, 0.15) is 20.7 Å². The number of benzene rings is 3. The van der Waals surface area contributed by atoms with Crippen molar-refractivity contribution in [2.24, 2.45) is 0 Å². The Balaban J connectivity index is 1.94. The van der Waals surface area contributed by atoms with Crippen LogP contribution in [0.25, 0.3) is 10.8 Å². The molecule has 2 nitrogen and oxygen atoms in total. The fraction of sp³-hybridized carbons (Fsp3) is 0.105. The summed E-state index contributed by atoms with van der Waals surface area (Å²) < 4.78 is 5.23. The van der Waals surface area contributed by atoms with Crippen LogP contribution in [0.5, 0.6) is 5.75 Å². The molecule has 0 heterocycles. The second kappa shape index (κ2) is 6.32. The Bertz CT molecular complexity index is 812. The zero-order valence-corrected chi connectivity index (χ0v) is 13.7. The van der Waals surface area contributed by atoms with E-state index in [1.807, 2.05) is 66.7 Å². The van der Waals surface area contributed by atoms with Gasteiger partial charge in [0.05, 0.1) is 7.11 Å². The Hall–Kier alpha value is -2.13. The quantitative estimate of drug-likeness (QED) is 0.477. The Morgan fingerprint density at radius 1 is 0.955 bits per heavy atom. The molecule has 0 fully saturated rings. The van der Waals surface area contributed by atoms with Gasteiger partial charge in [0.15, 0.2) is 5.78 Å². The molecule has 0 N–H and O–H groups in total. The second-order valence-electron chi connectivity index (χ2n) is 5.07. The summed E-state index contributed by atoms with van der Waals surface area (Å²) in [4.78, 5) is 12.2. The summed E-state index contributed by atoms with van der Waals surface area (Å²) in [6.45, 7) is 0. The molecule has 0 radical (unpaired) electrons. The van der Waals surface area contributed by atoms with Gasteiger partial charge < -0.3 is 4.74 Å². The highest BCUT2D eigenvalue weighted by atomic mass is 79.9. The number of ether oxygens (including phenoxy) is 1. The van der Waals surface area contributed by atoms with Crippen molar-refractivity contribution in [2.75, 3.05) is 7.11 Å². The van der Waals surface area contributed by atoms with Gasteiger partial charge in [-0.1, -0.05) is 64.5 Å². The highest BCUT2D eigenvalue weighted by molar-refractivity contribution is 9.09. The number of methoxy groups -OCH3 is 1. The molecule has 110 valence electrons. The molecule has 1 unspecified atom stereocenters. The van der Waals surface area contributed by atoms with Crippen molar-refractivity contribution in [3.8, 4) is 5.75 Å². The number of Topliss-reactive ketones (excluding diaryl/α,β-unsaturated/α-hetero) is 1. The van der Waals surface area contributed by atoms with Gasteiger partial charge in [-0.3, -0.25) is 4.79 Å². The van der Waals surface area contributed by atoms with Crippen LogP contribution in [0.4, 0.5) is 0 Å². The van der Waals surface area contributed by atoms with Gasteiger partial charge in [0.25, 0.3) is 0 Å². The topological polar surface area (TPSA) is 26.3 Å². The van der Waals surface area contributed by atoms with Crippen LogP contribution in [-0.2, 0) is 0 Å². The molecule has 0 aliphatic heterocycles. The van der Waals surface area contributed by atoms with E-state index in [-0.39, 0.29) is 10.6 Å². The fourth-order valence-corrected chi connectivity index (χ4v) is 2.98. The standard InChI is InChI=1S/C19H15BrO2/c1-22-17-10-9-14-11-16(8-7-15(14)12-17)18(20)19(21)13-5-3-2-4-6-13/h2-12,18H,1H3. The minimum Gasteiger partial charge on any atom is -0.497 e. The second-order valence-corrected chi connectivity index (χ2v) is 5.98. The van der Waals surface area contributed by atoms with E-state index in [9.17, 15) is 4.79 Å². The third-order valence-electron chi connectivity index (χ3n) is 3.65. The van der Waals surface area contributed by atoms with Crippen molar-refractivity contribution in [2.45, 2.75) is 4.83 Å². The minimum absolute atomic E-state index is 0.0634. The molecule has 0 spiro atoms. The van der Waals surface area contributed by atoms with E-state index in [0.717, 1.165) is 22.1 Å². The highest BCUT2D eigenvalue weighted by Crippen LogP contribution is 2.30. The van der Waals surface area contributed by atoms with Crippen LogP contribution < -0.4 is 4.74 Å². The van der Waals surface area contributed by atoms with Crippen molar-refractivity contribution in [3.63, 3.8) is 0 Å². The van der Waals surface area contributed by atoms with Crippen LogP contribution in [0.3, 0.4) is 0 Å². The molecule has 0 aromatic heterocycles. The summed E-state index contributed by atoms with van der Waals surface area (Å²) in [5.41, 5.74) is 1.66. The van der Waals surface area contributed by atoms with Gasteiger partial charge in [0.2, 0.25) is 0 Å². The van der Waals surface area contributed by atoms with Gasteiger partial charge in [0.1, 0.15) is 10.6 Å². The van der Waals surface area contributed by atoms with E-state index >= 15 is 0 Å². The van der Waals surface area contributed by atoms with Gasteiger partial charge in [-0.05, 0) is 34.5 Å². The lowest BCUT2D eigenvalue weighted by Crippen LogP contribution is -2.06. The summed E-state index contributed by atoms with van der Waals surface area (Å²) in [7, 11) is 1.66. The molecule has 22 heavy (non-hydrogen) atoms. The number of carbonyl (C=O) groups excluding carboxylic acids is 1. The number of alkyl halides is 1. The molecule has 0 aliphatic carbocycles. The molecule has 0 saturated carbocycles. The van der Waals surface area contributed by atoms with E-state index in [1.165, 1.54) is 0 Å². The van der Waals surface area contributed by atoms with Gasteiger partial charge in [0, 0.05) is 5.56 Å². The number of fused-ring (bicyclic) bond motifs is 1. The number of ketones is 1. The molecule has 0 bridgehead atoms. The highest BCUT2D eigenvalue weighted by Gasteiger charge is 2.18. The largest absolute Gasteiger partial charge is 0.497 e. The van der Waals surface area contributed by atoms with E-state index in [2.05, 4.69) is 15.9 Å². The lowest BCUT2D eigenvalue weighted by atomic mass is 10.00. The maximum absolute atomic E-state index is 12.5. The number of halogens is 1. The molecule has 1 atom stereocenters. The van der Waals surface area contributed by atoms with Crippen LogP contribution in [-0.4, -0.2) is 12.9 Å². The zero-order valence-electron chi connectivity index (χ0n) is 12.1. The molecule has 3 aromatic carbocycles. The monoisotopic (exact) mass is 354 g/mol. The van der Waals surface area contributed by atoms with Crippen molar-refractivity contribution in [1.29, 1.82) is 0 Å². The lowest BCUT2D eigenvalue weighted by Gasteiger charge is -2.11. The molecular weight excluding hydrogens is 340 g/mol. The van der Waals surface area contributed by atoms with E-state index in [0.29, 0.717) is 5.56 Å². The average Bonchev–Trinajstić information content (AvgIpc) is 2.60. The minimum atomic E-state index is -0.346. The van der Waals surface area contributed by atoms with E-state index in [4.69, 9.17) is 4.74 Å². The fourth-order valence-electron chi connectivity index (χ4n) is 2.43. The molecule has 3 aromatic rings. The predicted molar refractivity (Wildman–Crippen MR) is 92.9 cm³/mol. The molecule has 0 amide bonds. The molecule has 0 aliphatic rings. The average molecular weight is 355 g/mol. The SMILES string of the molecule is COc1ccc2cc(C(Br)C(=O)c3ccccc3)ccc2c1. The molecule has 0 saturated heterocycles. The molecule has 3 heteroatoms. The van der Waals surface area contributed by atoms with E-state index < -0.39 is 0 Å². The Morgan fingerprint density at radius 3 is 2.36 bits per heavy atom. The van der Waals surface area contributed by atoms with Gasteiger partial charge >= 0.3 is 0 Å². The van der Waals surface area contributed by atoms with E-state index in [1.54, 1.807) is 7.11 Å². The van der Waals surface area contributed by atoms with Crippen molar-refractivity contribution in [1.82, 2.24) is 0 Å². The Morgan fingerprint density at radius 2 is 1.64 bits per heavy atom. The first kappa shape index (κ1) is 14.8. The van der Waals surface area contributed by atoms with Crippen LogP contribution >= 0.6 is 15.9 Å². The normalized spacial score (nSPS) is 12.1. The number of rotatable bonds is 4. The third-order valence-corrected chi connectivity index (χ3v) is 4.60.